The van der Waals surface area contributed by atoms with Gasteiger partial charge in [0.2, 0.25) is 0 Å². The van der Waals surface area contributed by atoms with E-state index in [1.807, 2.05) is 36.4 Å². The number of thioether (sulfide) groups is 1. The number of carbonyl (C=O) groups is 1. The van der Waals surface area contributed by atoms with Gasteiger partial charge in [0.1, 0.15) is 0 Å². The van der Waals surface area contributed by atoms with E-state index < -0.39 is 0 Å². The Morgan fingerprint density at radius 3 is 2.54 bits per heavy atom. The van der Waals surface area contributed by atoms with Crippen molar-refractivity contribution in [3.05, 3.63) is 105 Å². The summed E-state index contributed by atoms with van der Waals surface area (Å²) in [6.45, 7) is 0.895. The zero-order chi connectivity index (χ0) is 19.8. The number of hydrogen-bond acceptors (Lipinski definition) is 3. The Labute approximate surface area is 173 Å². The Bertz CT molecular complexity index is 989. The van der Waals surface area contributed by atoms with E-state index in [4.69, 9.17) is 11.6 Å². The third-order valence-corrected chi connectivity index (χ3v) is 5.59. The van der Waals surface area contributed by atoms with Crippen LogP contribution in [-0.2, 0) is 12.3 Å². The van der Waals surface area contributed by atoms with Crippen molar-refractivity contribution < 1.29 is 4.79 Å². The van der Waals surface area contributed by atoms with Gasteiger partial charge < -0.3 is 9.88 Å². The largest absolute Gasteiger partial charge is 0.351 e. The number of nitrogens with zero attached hydrogens (tertiary/aromatic N) is 1. The van der Waals surface area contributed by atoms with Crippen LogP contribution in [0.1, 0.15) is 21.5 Å². The van der Waals surface area contributed by atoms with Crippen LogP contribution in [0.25, 0.3) is 0 Å². The zero-order valence-corrected chi connectivity index (χ0v) is 16.9. The van der Waals surface area contributed by atoms with Crippen LogP contribution >= 0.6 is 23.4 Å². The van der Waals surface area contributed by atoms with Crippen molar-refractivity contribution in [2.45, 2.75) is 12.3 Å². The molecule has 0 aliphatic rings. The molecule has 3 aromatic rings. The van der Waals surface area contributed by atoms with Gasteiger partial charge in [-0.25, -0.2) is 0 Å². The molecular formula is C22H21ClN2O2S. The summed E-state index contributed by atoms with van der Waals surface area (Å²) in [6.07, 6.45) is 1.58. The highest BCUT2D eigenvalue weighted by molar-refractivity contribution is 7.98. The lowest BCUT2D eigenvalue weighted by Crippen LogP contribution is -2.28. The second-order valence-corrected chi connectivity index (χ2v) is 7.78. The lowest BCUT2D eigenvalue weighted by Gasteiger charge is -2.10. The second-order valence-electron chi connectivity index (χ2n) is 6.27. The number of carbonyl (C=O) groups excluding carboxylic acids is 1. The van der Waals surface area contributed by atoms with E-state index in [2.05, 4.69) is 17.4 Å². The maximum Gasteiger partial charge on any atom is 0.252 e. The Hall–Kier alpha value is -2.50. The van der Waals surface area contributed by atoms with Crippen LogP contribution in [0.3, 0.4) is 0 Å². The fraction of sp³-hybridized carbons (Fsp3) is 0.182. The minimum atomic E-state index is -0.187. The normalized spacial score (nSPS) is 10.6. The van der Waals surface area contributed by atoms with Gasteiger partial charge in [0.25, 0.3) is 11.5 Å². The first-order chi connectivity index (χ1) is 13.6. The lowest BCUT2D eigenvalue weighted by molar-refractivity contribution is 0.0955. The van der Waals surface area contributed by atoms with E-state index in [0.717, 1.165) is 17.1 Å². The van der Waals surface area contributed by atoms with Gasteiger partial charge in [0, 0.05) is 35.3 Å². The molecule has 0 spiro atoms. The average Bonchev–Trinajstić information content (AvgIpc) is 2.71. The minimum Gasteiger partial charge on any atom is -0.351 e. The molecule has 0 aliphatic heterocycles. The van der Waals surface area contributed by atoms with Crippen molar-refractivity contribution in [3.63, 3.8) is 0 Å². The number of aromatic nitrogens is 1. The van der Waals surface area contributed by atoms with E-state index in [0.29, 0.717) is 23.7 Å². The summed E-state index contributed by atoms with van der Waals surface area (Å²) in [6, 6.07) is 20.6. The standard InChI is InChI=1S/C22H21ClN2O2S/c23-20-9-5-4-8-18(20)14-25-15-19(10-11-21(25)26)22(27)24-12-13-28-16-17-6-2-1-3-7-17/h1-11,15H,12-14,16H2,(H,24,27). The Balaban J connectivity index is 1.54. The molecule has 144 valence electrons. The fourth-order valence-corrected chi connectivity index (χ4v) is 3.72. The molecular weight excluding hydrogens is 392 g/mol. The molecule has 0 bridgehead atoms. The van der Waals surface area contributed by atoms with Crippen LogP contribution in [0.5, 0.6) is 0 Å². The van der Waals surface area contributed by atoms with Crippen molar-refractivity contribution in [2.75, 3.05) is 12.3 Å². The topological polar surface area (TPSA) is 51.1 Å². The summed E-state index contributed by atoms with van der Waals surface area (Å²) in [5, 5.41) is 3.50. The Morgan fingerprint density at radius 2 is 1.75 bits per heavy atom. The van der Waals surface area contributed by atoms with Crippen molar-refractivity contribution >= 4 is 29.3 Å². The van der Waals surface area contributed by atoms with E-state index in [1.54, 1.807) is 30.1 Å². The summed E-state index contributed by atoms with van der Waals surface area (Å²) < 4.78 is 1.50. The number of benzene rings is 2. The average molecular weight is 413 g/mol. The second kappa shape index (κ2) is 10.2. The molecule has 3 rings (SSSR count). The van der Waals surface area contributed by atoms with Gasteiger partial charge in [-0.2, -0.15) is 11.8 Å². The molecule has 4 nitrogen and oxygen atoms in total. The molecule has 1 N–H and O–H groups in total. The number of halogens is 1. The Kier molecular flexibility index (Phi) is 7.34. The fourth-order valence-electron chi connectivity index (χ4n) is 2.70. The predicted molar refractivity (Wildman–Crippen MR) is 116 cm³/mol. The molecule has 2 aromatic carbocycles. The summed E-state index contributed by atoms with van der Waals surface area (Å²) >= 11 is 7.94. The summed E-state index contributed by atoms with van der Waals surface area (Å²) in [5.41, 5.74) is 2.39. The van der Waals surface area contributed by atoms with Crippen molar-refractivity contribution in [2.24, 2.45) is 0 Å². The zero-order valence-electron chi connectivity index (χ0n) is 15.3. The van der Waals surface area contributed by atoms with Crippen LogP contribution < -0.4 is 10.9 Å². The molecule has 28 heavy (non-hydrogen) atoms. The molecule has 1 aromatic heterocycles. The smallest absolute Gasteiger partial charge is 0.252 e. The molecule has 0 unspecified atom stereocenters. The van der Waals surface area contributed by atoms with Gasteiger partial charge in [0.15, 0.2) is 0 Å². The summed E-state index contributed by atoms with van der Waals surface area (Å²) in [7, 11) is 0. The quantitative estimate of drug-likeness (QED) is 0.564. The molecule has 6 heteroatoms. The van der Waals surface area contributed by atoms with E-state index in [-0.39, 0.29) is 11.5 Å². The molecule has 0 saturated carbocycles. The molecule has 0 atom stereocenters. The summed E-state index contributed by atoms with van der Waals surface area (Å²) in [5.74, 6) is 1.55. The van der Waals surface area contributed by atoms with Crippen molar-refractivity contribution in [1.29, 1.82) is 0 Å². The highest BCUT2D eigenvalue weighted by atomic mass is 35.5. The Morgan fingerprint density at radius 1 is 1.00 bits per heavy atom. The molecule has 0 saturated heterocycles. The van der Waals surface area contributed by atoms with Gasteiger partial charge in [-0.15, -0.1) is 0 Å². The summed E-state index contributed by atoms with van der Waals surface area (Å²) in [4.78, 5) is 24.5. The van der Waals surface area contributed by atoms with Crippen LogP contribution in [0.4, 0.5) is 0 Å². The van der Waals surface area contributed by atoms with Gasteiger partial charge >= 0.3 is 0 Å². The van der Waals surface area contributed by atoms with Crippen LogP contribution in [0.2, 0.25) is 5.02 Å². The first-order valence-electron chi connectivity index (χ1n) is 8.97. The number of hydrogen-bond donors (Lipinski definition) is 1. The third-order valence-electron chi connectivity index (χ3n) is 4.19. The number of rotatable bonds is 8. The monoisotopic (exact) mass is 412 g/mol. The van der Waals surface area contributed by atoms with Crippen molar-refractivity contribution in [3.8, 4) is 0 Å². The van der Waals surface area contributed by atoms with E-state index >= 15 is 0 Å². The van der Waals surface area contributed by atoms with Crippen molar-refractivity contribution in [1.82, 2.24) is 9.88 Å². The number of pyridine rings is 1. The minimum absolute atomic E-state index is 0.171. The number of nitrogens with one attached hydrogen (secondary N) is 1. The van der Waals surface area contributed by atoms with E-state index in [9.17, 15) is 9.59 Å². The van der Waals surface area contributed by atoms with Gasteiger partial charge in [-0.05, 0) is 23.3 Å². The molecule has 0 radical (unpaired) electrons. The third kappa shape index (κ3) is 5.75. The van der Waals surface area contributed by atoms with Gasteiger partial charge in [-0.3, -0.25) is 9.59 Å². The van der Waals surface area contributed by atoms with Crippen LogP contribution in [0, 0.1) is 0 Å². The molecule has 1 heterocycles. The van der Waals surface area contributed by atoms with Gasteiger partial charge in [0.05, 0.1) is 12.1 Å². The number of amides is 1. The predicted octanol–water partition coefficient (Wildman–Crippen LogP) is 4.21. The molecule has 0 aliphatic carbocycles. The van der Waals surface area contributed by atoms with E-state index in [1.165, 1.54) is 16.2 Å². The molecule has 1 amide bonds. The van der Waals surface area contributed by atoms with Crippen LogP contribution in [-0.4, -0.2) is 22.8 Å². The highest BCUT2D eigenvalue weighted by Gasteiger charge is 2.09. The SMILES string of the molecule is O=C(NCCSCc1ccccc1)c1ccc(=O)n(Cc2ccccc2Cl)c1. The van der Waals surface area contributed by atoms with Gasteiger partial charge in [-0.1, -0.05) is 60.1 Å². The maximum atomic E-state index is 12.4. The maximum absolute atomic E-state index is 12.4. The van der Waals surface area contributed by atoms with Crippen LogP contribution in [0.15, 0.2) is 77.7 Å². The lowest BCUT2D eigenvalue weighted by atomic mass is 10.2. The molecule has 0 fully saturated rings. The first kappa shape index (κ1) is 20.2. The first-order valence-corrected chi connectivity index (χ1v) is 10.5. The highest BCUT2D eigenvalue weighted by Crippen LogP contribution is 2.15.